The topological polar surface area (TPSA) is 95.9 Å². The molecule has 0 bridgehead atoms. The Kier molecular flexibility index (Phi) is 4.35. The Labute approximate surface area is 186 Å². The Balaban J connectivity index is 1.83. The minimum absolute atomic E-state index is 0.0120. The van der Waals surface area contributed by atoms with E-state index < -0.39 is 29.0 Å². The van der Waals surface area contributed by atoms with Gasteiger partial charge in [0, 0.05) is 23.9 Å². The first-order chi connectivity index (χ1) is 15.3. The van der Waals surface area contributed by atoms with E-state index in [9.17, 15) is 23.9 Å². The van der Waals surface area contributed by atoms with Gasteiger partial charge in [-0.15, -0.1) is 11.3 Å². The van der Waals surface area contributed by atoms with Crippen LogP contribution in [0.15, 0.2) is 42.5 Å². The number of anilines is 2. The van der Waals surface area contributed by atoms with Gasteiger partial charge in [0.15, 0.2) is 0 Å². The second-order valence-corrected chi connectivity index (χ2v) is 8.72. The first-order valence-electron chi connectivity index (χ1n) is 9.71. The molecule has 2 aromatic carbocycles. The van der Waals surface area contributed by atoms with Gasteiger partial charge in [-0.25, -0.2) is 9.18 Å². The lowest BCUT2D eigenvalue weighted by atomic mass is 9.74. The van der Waals surface area contributed by atoms with Crippen molar-refractivity contribution in [1.82, 2.24) is 0 Å². The molecule has 162 valence electrons. The number of fused-ring (bicyclic) bond motifs is 4. The lowest BCUT2D eigenvalue weighted by Crippen LogP contribution is -2.45. The van der Waals surface area contributed by atoms with Gasteiger partial charge < -0.3 is 20.1 Å². The third kappa shape index (κ3) is 2.61. The van der Waals surface area contributed by atoms with E-state index in [0.29, 0.717) is 33.0 Å². The van der Waals surface area contributed by atoms with Crippen LogP contribution in [0, 0.1) is 5.82 Å². The number of carbonyl (C=O) groups is 3. The van der Waals surface area contributed by atoms with Crippen molar-refractivity contribution in [2.45, 2.75) is 11.8 Å². The second-order valence-electron chi connectivity index (χ2n) is 7.70. The number of carboxylic acids is 1. The lowest BCUT2D eigenvalue weighted by molar-refractivity contribution is -0.126. The van der Waals surface area contributed by atoms with E-state index >= 15 is 0 Å². The van der Waals surface area contributed by atoms with Crippen LogP contribution < -0.4 is 15.0 Å². The van der Waals surface area contributed by atoms with E-state index in [1.165, 1.54) is 30.2 Å². The molecule has 32 heavy (non-hydrogen) atoms. The number of halogens is 1. The van der Waals surface area contributed by atoms with E-state index in [-0.39, 0.29) is 17.0 Å². The summed E-state index contributed by atoms with van der Waals surface area (Å²) in [4.78, 5) is 40.3. The van der Waals surface area contributed by atoms with Crippen molar-refractivity contribution >= 4 is 40.5 Å². The average molecular weight is 452 g/mol. The number of amides is 2. The van der Waals surface area contributed by atoms with Crippen LogP contribution in [0.1, 0.15) is 26.5 Å². The normalized spacial score (nSPS) is 19.0. The molecule has 5 rings (SSSR count). The fraction of sp³-hybridized carbons (Fsp3) is 0.174. The van der Waals surface area contributed by atoms with E-state index in [4.69, 9.17) is 4.74 Å². The molecule has 0 saturated carbocycles. The molecule has 1 atom stereocenters. The summed E-state index contributed by atoms with van der Waals surface area (Å²) in [5.41, 5.74) is 0.509. The number of hydrogen-bond acceptors (Lipinski definition) is 5. The van der Waals surface area contributed by atoms with Crippen molar-refractivity contribution in [3.8, 4) is 16.9 Å². The predicted molar refractivity (Wildman–Crippen MR) is 117 cm³/mol. The smallest absolute Gasteiger partial charge is 0.346 e. The molecular formula is C23H17FN2O5S. The van der Waals surface area contributed by atoms with Gasteiger partial charge in [-0.3, -0.25) is 9.59 Å². The summed E-state index contributed by atoms with van der Waals surface area (Å²) in [6.45, 7) is 0. The Hall–Kier alpha value is -3.72. The van der Waals surface area contributed by atoms with Gasteiger partial charge in [0.25, 0.3) is 0 Å². The molecule has 2 N–H and O–H groups in total. The number of aromatic carboxylic acids is 1. The minimum Gasteiger partial charge on any atom is -0.497 e. The van der Waals surface area contributed by atoms with Crippen molar-refractivity contribution in [3.63, 3.8) is 0 Å². The third-order valence-corrected chi connectivity index (χ3v) is 7.35. The number of nitrogens with zero attached hydrogens (tertiary/aromatic N) is 1. The molecule has 1 aromatic heterocycles. The van der Waals surface area contributed by atoms with Crippen LogP contribution in [0.4, 0.5) is 15.8 Å². The van der Waals surface area contributed by atoms with Crippen molar-refractivity contribution in [2.75, 3.05) is 24.4 Å². The summed E-state index contributed by atoms with van der Waals surface area (Å²) in [6.07, 6.45) is -0.235. The van der Waals surface area contributed by atoms with Crippen molar-refractivity contribution < 1.29 is 28.6 Å². The molecule has 0 aliphatic carbocycles. The standard InChI is InChI=1S/C23H17FN2O5S/c1-26-15-8-5-12(24)9-14(15)23(22(26)30)10-16(27)25-18-17(19(21(28)29)32-20(18)23)11-3-6-13(31-2)7-4-11/h3-9H,10H2,1-2H3,(H,25,27)(H,28,29)/t23-/m1/s1. The molecular weight excluding hydrogens is 435 g/mol. The van der Waals surface area contributed by atoms with E-state index in [0.717, 1.165) is 11.3 Å². The number of hydrogen-bond donors (Lipinski definition) is 2. The van der Waals surface area contributed by atoms with Crippen LogP contribution >= 0.6 is 11.3 Å². The van der Waals surface area contributed by atoms with Crippen molar-refractivity contribution in [3.05, 3.63) is 63.6 Å². The number of nitrogens with one attached hydrogen (secondary N) is 1. The Morgan fingerprint density at radius 2 is 1.94 bits per heavy atom. The number of ether oxygens (including phenoxy) is 1. The van der Waals surface area contributed by atoms with Crippen LogP contribution in [-0.2, 0) is 15.0 Å². The maximum atomic E-state index is 14.2. The number of thiophene rings is 1. The zero-order chi connectivity index (χ0) is 22.8. The zero-order valence-corrected chi connectivity index (χ0v) is 17.9. The maximum absolute atomic E-state index is 14.2. The van der Waals surface area contributed by atoms with Gasteiger partial charge in [-0.2, -0.15) is 0 Å². The largest absolute Gasteiger partial charge is 0.497 e. The molecule has 3 heterocycles. The SMILES string of the molecule is COc1ccc(-c2c(C(=O)O)sc3c2NC(=O)C[C@]32C(=O)N(C)c3ccc(F)cc32)cc1. The van der Waals surface area contributed by atoms with E-state index in [1.807, 2.05) is 0 Å². The van der Waals surface area contributed by atoms with Gasteiger partial charge in [-0.05, 0) is 35.9 Å². The van der Waals surface area contributed by atoms with Gasteiger partial charge >= 0.3 is 5.97 Å². The van der Waals surface area contributed by atoms with Crippen LogP contribution in [0.3, 0.4) is 0 Å². The summed E-state index contributed by atoms with van der Waals surface area (Å²) in [5.74, 6) is -1.97. The first kappa shape index (κ1) is 20.2. The molecule has 0 saturated heterocycles. The number of methoxy groups -OCH3 is 1. The monoisotopic (exact) mass is 452 g/mol. The van der Waals surface area contributed by atoms with Gasteiger partial charge in [0.1, 0.15) is 21.9 Å². The Morgan fingerprint density at radius 1 is 1.22 bits per heavy atom. The van der Waals surface area contributed by atoms with Crippen LogP contribution in [0.5, 0.6) is 5.75 Å². The third-order valence-electron chi connectivity index (χ3n) is 6.01. The van der Waals surface area contributed by atoms with Crippen LogP contribution in [-0.4, -0.2) is 37.0 Å². The van der Waals surface area contributed by atoms with Gasteiger partial charge in [0.05, 0.1) is 24.1 Å². The number of benzene rings is 2. The van der Waals surface area contributed by atoms with Gasteiger partial charge in [-0.1, -0.05) is 12.1 Å². The number of carbonyl (C=O) groups excluding carboxylic acids is 2. The summed E-state index contributed by atoms with van der Waals surface area (Å²) in [6, 6.07) is 10.8. The fourth-order valence-electron chi connectivity index (χ4n) is 4.58. The molecule has 2 aliphatic rings. The summed E-state index contributed by atoms with van der Waals surface area (Å²) in [5, 5.41) is 12.7. The molecule has 1 spiro atoms. The van der Waals surface area contributed by atoms with Gasteiger partial charge in [0.2, 0.25) is 11.8 Å². The average Bonchev–Trinajstić information content (AvgIpc) is 3.25. The highest BCUT2D eigenvalue weighted by Gasteiger charge is 2.57. The summed E-state index contributed by atoms with van der Waals surface area (Å²) < 4.78 is 19.4. The number of likely N-dealkylation sites (N-methyl/N-ethyl adjacent to an activating group) is 1. The molecule has 7 nitrogen and oxygen atoms in total. The van der Waals surface area contributed by atoms with Crippen LogP contribution in [0.2, 0.25) is 0 Å². The quantitative estimate of drug-likeness (QED) is 0.629. The fourth-order valence-corrected chi connectivity index (χ4v) is 5.90. The Bertz CT molecular complexity index is 1320. The molecule has 0 radical (unpaired) electrons. The first-order valence-corrected chi connectivity index (χ1v) is 10.5. The van der Waals surface area contributed by atoms with Crippen LogP contribution in [0.25, 0.3) is 11.1 Å². The summed E-state index contributed by atoms with van der Waals surface area (Å²) in [7, 11) is 3.09. The van der Waals surface area contributed by atoms with E-state index in [2.05, 4.69) is 5.32 Å². The molecule has 0 unspecified atom stereocenters. The highest BCUT2D eigenvalue weighted by molar-refractivity contribution is 7.15. The highest BCUT2D eigenvalue weighted by atomic mass is 32.1. The van der Waals surface area contributed by atoms with Crippen molar-refractivity contribution in [1.29, 1.82) is 0 Å². The lowest BCUT2D eigenvalue weighted by Gasteiger charge is -2.32. The minimum atomic E-state index is -1.48. The highest BCUT2D eigenvalue weighted by Crippen LogP contribution is 2.57. The maximum Gasteiger partial charge on any atom is 0.346 e. The molecule has 9 heteroatoms. The predicted octanol–water partition coefficient (Wildman–Crippen LogP) is 3.87. The molecule has 2 aliphatic heterocycles. The number of rotatable bonds is 3. The van der Waals surface area contributed by atoms with Crippen molar-refractivity contribution in [2.24, 2.45) is 0 Å². The molecule has 3 aromatic rings. The zero-order valence-electron chi connectivity index (χ0n) is 17.1. The number of carboxylic acid groups (broad SMARTS) is 1. The van der Waals surface area contributed by atoms with E-state index in [1.54, 1.807) is 31.3 Å². The Morgan fingerprint density at radius 3 is 2.59 bits per heavy atom. The molecule has 0 fully saturated rings. The molecule has 2 amide bonds. The second kappa shape index (κ2) is 6.89. The summed E-state index contributed by atoms with van der Waals surface area (Å²) >= 11 is 0.933.